The van der Waals surface area contributed by atoms with Gasteiger partial charge in [-0.1, -0.05) is 63.2 Å². The van der Waals surface area contributed by atoms with Crippen LogP contribution in [-0.2, 0) is 10.2 Å². The van der Waals surface area contributed by atoms with E-state index in [0.29, 0.717) is 24.5 Å². The fourth-order valence-electron chi connectivity index (χ4n) is 2.41. The normalized spacial score (nSPS) is 11.1. The third kappa shape index (κ3) is 7.47. The first kappa shape index (κ1) is 21.0. The van der Waals surface area contributed by atoms with Gasteiger partial charge in [0.1, 0.15) is 12.4 Å². The van der Waals surface area contributed by atoms with Gasteiger partial charge in [0, 0.05) is 5.56 Å². The zero-order chi connectivity index (χ0) is 19.7. The lowest BCUT2D eigenvalue weighted by atomic mass is 9.87. The van der Waals surface area contributed by atoms with Crippen LogP contribution < -0.4 is 10.1 Å². The molecule has 5 heteroatoms. The molecule has 2 aromatic carbocycles. The number of rotatable bonds is 9. The second-order valence-electron chi connectivity index (χ2n) is 7.25. The number of Topliss-reactive ketones (excluding diaryl/α,β-unsaturated/α-hetero) is 1. The Kier molecular flexibility index (Phi) is 7.92. The van der Waals surface area contributed by atoms with Gasteiger partial charge in [0.05, 0.1) is 18.1 Å². The predicted octanol–water partition coefficient (Wildman–Crippen LogP) is 4.10. The van der Waals surface area contributed by atoms with Gasteiger partial charge in [-0.15, -0.1) is 11.8 Å². The first-order valence-corrected chi connectivity index (χ1v) is 10.2. The molecule has 0 heterocycles. The minimum atomic E-state index is -0.0902. The highest BCUT2D eigenvalue weighted by Gasteiger charge is 2.13. The molecule has 0 aliphatic carbocycles. The molecular weight excluding hydrogens is 358 g/mol. The van der Waals surface area contributed by atoms with Gasteiger partial charge in [0.25, 0.3) is 0 Å². The summed E-state index contributed by atoms with van der Waals surface area (Å²) in [5, 5.41) is 2.81. The third-order valence-electron chi connectivity index (χ3n) is 3.98. The standard InChI is InChI=1S/C22H27NO3S/c1-22(2,3)18-9-11-19(12-10-18)26-14-13-23-21(25)16-27-15-20(24)17-7-5-4-6-8-17/h4-12H,13-16H2,1-3H3,(H,23,25). The summed E-state index contributed by atoms with van der Waals surface area (Å²) in [5.41, 5.74) is 2.05. The summed E-state index contributed by atoms with van der Waals surface area (Å²) in [4.78, 5) is 23.8. The molecule has 0 radical (unpaired) electrons. The Hall–Kier alpha value is -2.27. The molecule has 0 fully saturated rings. The average Bonchev–Trinajstić information content (AvgIpc) is 2.65. The number of ketones is 1. The Morgan fingerprint density at radius 1 is 0.963 bits per heavy atom. The van der Waals surface area contributed by atoms with Gasteiger partial charge in [-0.25, -0.2) is 0 Å². The van der Waals surface area contributed by atoms with Gasteiger partial charge >= 0.3 is 0 Å². The number of hydrogen-bond donors (Lipinski definition) is 1. The maximum atomic E-state index is 12.0. The molecule has 2 aromatic rings. The van der Waals surface area contributed by atoms with E-state index in [1.807, 2.05) is 30.3 Å². The maximum Gasteiger partial charge on any atom is 0.230 e. The molecule has 1 amide bonds. The number of ether oxygens (including phenoxy) is 1. The first-order chi connectivity index (χ1) is 12.9. The number of carbonyl (C=O) groups is 2. The molecule has 0 spiro atoms. The zero-order valence-electron chi connectivity index (χ0n) is 16.2. The van der Waals surface area contributed by atoms with Crippen molar-refractivity contribution in [1.29, 1.82) is 0 Å². The molecule has 0 atom stereocenters. The van der Waals surface area contributed by atoms with Crippen LogP contribution in [0.1, 0.15) is 36.7 Å². The lowest BCUT2D eigenvalue weighted by molar-refractivity contribution is -0.118. The molecule has 2 rings (SSSR count). The van der Waals surface area contributed by atoms with Crippen molar-refractivity contribution in [1.82, 2.24) is 5.32 Å². The van der Waals surface area contributed by atoms with E-state index < -0.39 is 0 Å². The van der Waals surface area contributed by atoms with Crippen LogP contribution in [0.5, 0.6) is 5.75 Å². The minimum Gasteiger partial charge on any atom is -0.492 e. The van der Waals surface area contributed by atoms with Crippen molar-refractivity contribution < 1.29 is 14.3 Å². The van der Waals surface area contributed by atoms with E-state index in [1.54, 1.807) is 12.1 Å². The van der Waals surface area contributed by atoms with Crippen LogP contribution in [0.2, 0.25) is 0 Å². The number of nitrogens with one attached hydrogen (secondary N) is 1. The lowest BCUT2D eigenvalue weighted by Gasteiger charge is -2.19. The smallest absolute Gasteiger partial charge is 0.230 e. The van der Waals surface area contributed by atoms with E-state index in [4.69, 9.17) is 4.74 Å². The van der Waals surface area contributed by atoms with Crippen LogP contribution in [0.15, 0.2) is 54.6 Å². The van der Waals surface area contributed by atoms with Crippen LogP contribution in [0.3, 0.4) is 0 Å². The Labute approximate surface area is 165 Å². The van der Waals surface area contributed by atoms with Gasteiger partial charge < -0.3 is 10.1 Å². The molecule has 4 nitrogen and oxygen atoms in total. The van der Waals surface area contributed by atoms with Crippen molar-refractivity contribution in [3.05, 3.63) is 65.7 Å². The SMILES string of the molecule is CC(C)(C)c1ccc(OCCNC(=O)CSCC(=O)c2ccccc2)cc1. The van der Waals surface area contributed by atoms with E-state index in [1.165, 1.54) is 17.3 Å². The van der Waals surface area contributed by atoms with E-state index in [9.17, 15) is 9.59 Å². The fourth-order valence-corrected chi connectivity index (χ4v) is 3.15. The Bertz CT molecular complexity index is 736. The second kappa shape index (κ2) is 10.2. The van der Waals surface area contributed by atoms with Crippen molar-refractivity contribution in [3.8, 4) is 5.75 Å². The first-order valence-electron chi connectivity index (χ1n) is 9.02. The number of carbonyl (C=O) groups excluding carboxylic acids is 2. The quantitative estimate of drug-likeness (QED) is 0.522. The summed E-state index contributed by atoms with van der Waals surface area (Å²) in [6.07, 6.45) is 0. The Balaban J connectivity index is 1.60. The summed E-state index contributed by atoms with van der Waals surface area (Å²) < 4.78 is 5.65. The molecular formula is C22H27NO3S. The summed E-state index contributed by atoms with van der Waals surface area (Å²) in [5.74, 6) is 1.30. The number of benzene rings is 2. The van der Waals surface area contributed by atoms with Crippen LogP contribution in [0.25, 0.3) is 0 Å². The molecule has 0 saturated heterocycles. The fraction of sp³-hybridized carbons (Fsp3) is 0.364. The third-order valence-corrected chi connectivity index (χ3v) is 4.91. The van der Waals surface area contributed by atoms with Gasteiger partial charge in [-0.2, -0.15) is 0 Å². The van der Waals surface area contributed by atoms with Crippen molar-refractivity contribution in [2.45, 2.75) is 26.2 Å². The van der Waals surface area contributed by atoms with Gasteiger partial charge in [0.2, 0.25) is 5.91 Å². The topological polar surface area (TPSA) is 55.4 Å². The van der Waals surface area contributed by atoms with E-state index in [2.05, 4.69) is 38.2 Å². The van der Waals surface area contributed by atoms with Crippen LogP contribution >= 0.6 is 11.8 Å². The maximum absolute atomic E-state index is 12.0. The molecule has 0 aliphatic rings. The highest BCUT2D eigenvalue weighted by atomic mass is 32.2. The molecule has 0 bridgehead atoms. The average molecular weight is 386 g/mol. The number of amides is 1. The monoisotopic (exact) mass is 385 g/mol. The van der Waals surface area contributed by atoms with Crippen molar-refractivity contribution in [2.24, 2.45) is 0 Å². The van der Waals surface area contributed by atoms with Crippen LogP contribution in [0.4, 0.5) is 0 Å². The minimum absolute atomic E-state index is 0.0374. The Morgan fingerprint density at radius 3 is 2.26 bits per heavy atom. The molecule has 0 aliphatic heterocycles. The van der Waals surface area contributed by atoms with Crippen LogP contribution in [0, 0.1) is 0 Å². The number of thioether (sulfide) groups is 1. The van der Waals surface area contributed by atoms with E-state index in [-0.39, 0.29) is 22.9 Å². The van der Waals surface area contributed by atoms with Crippen molar-refractivity contribution in [3.63, 3.8) is 0 Å². The highest BCUT2D eigenvalue weighted by molar-refractivity contribution is 8.00. The summed E-state index contributed by atoms with van der Waals surface area (Å²) in [7, 11) is 0. The van der Waals surface area contributed by atoms with Gasteiger partial charge in [-0.05, 0) is 23.1 Å². The van der Waals surface area contributed by atoms with Crippen LogP contribution in [-0.4, -0.2) is 36.3 Å². The van der Waals surface area contributed by atoms with Crippen molar-refractivity contribution in [2.75, 3.05) is 24.7 Å². The summed E-state index contributed by atoms with van der Waals surface area (Å²) >= 11 is 1.32. The largest absolute Gasteiger partial charge is 0.492 e. The molecule has 27 heavy (non-hydrogen) atoms. The van der Waals surface area contributed by atoms with Crippen molar-refractivity contribution >= 4 is 23.5 Å². The van der Waals surface area contributed by atoms with E-state index in [0.717, 1.165) is 5.75 Å². The molecule has 0 unspecified atom stereocenters. The molecule has 144 valence electrons. The summed E-state index contributed by atoms with van der Waals surface area (Å²) in [6, 6.07) is 17.1. The Morgan fingerprint density at radius 2 is 1.63 bits per heavy atom. The van der Waals surface area contributed by atoms with E-state index >= 15 is 0 Å². The molecule has 0 aromatic heterocycles. The van der Waals surface area contributed by atoms with Gasteiger partial charge in [-0.3, -0.25) is 9.59 Å². The lowest BCUT2D eigenvalue weighted by Crippen LogP contribution is -2.29. The summed E-state index contributed by atoms with van der Waals surface area (Å²) in [6.45, 7) is 7.36. The molecule has 0 saturated carbocycles. The number of hydrogen-bond acceptors (Lipinski definition) is 4. The predicted molar refractivity (Wildman–Crippen MR) is 112 cm³/mol. The second-order valence-corrected chi connectivity index (χ2v) is 8.24. The van der Waals surface area contributed by atoms with Gasteiger partial charge in [0.15, 0.2) is 5.78 Å². The molecule has 1 N–H and O–H groups in total. The zero-order valence-corrected chi connectivity index (χ0v) is 17.0. The highest BCUT2D eigenvalue weighted by Crippen LogP contribution is 2.24.